The first kappa shape index (κ1) is 34.6. The minimum absolute atomic E-state index is 0.0117. The van der Waals surface area contributed by atoms with Crippen molar-refractivity contribution in [1.82, 2.24) is 19.9 Å². The van der Waals surface area contributed by atoms with Gasteiger partial charge in [0.25, 0.3) is 11.1 Å². The number of nitrogens with zero attached hydrogens (tertiary/aromatic N) is 2. The van der Waals surface area contributed by atoms with Crippen molar-refractivity contribution in [3.05, 3.63) is 130 Å². The Labute approximate surface area is 289 Å². The van der Waals surface area contributed by atoms with Crippen molar-refractivity contribution in [2.24, 2.45) is 0 Å². The van der Waals surface area contributed by atoms with Crippen LogP contribution in [0.1, 0.15) is 33.6 Å². The van der Waals surface area contributed by atoms with Crippen LogP contribution in [0.15, 0.2) is 64.2 Å². The molecule has 5 aromatic rings. The van der Waals surface area contributed by atoms with Crippen LogP contribution in [0.3, 0.4) is 0 Å². The number of carbonyl (C=O) groups is 1. The second-order valence-corrected chi connectivity index (χ2v) is 10.9. The lowest BCUT2D eigenvalue weighted by molar-refractivity contribution is -0.139. The molecule has 12 nitrogen and oxygen atoms in total. The number of aliphatic carboxylic acids is 1. The van der Waals surface area contributed by atoms with Gasteiger partial charge in [-0.05, 0) is 89.7 Å². The number of ether oxygens (including phenoxy) is 2. The average molecular weight is 711 g/mol. The predicted molar refractivity (Wildman–Crippen MR) is 183 cm³/mol. The predicted octanol–water partition coefficient (Wildman–Crippen LogP) is 6.46. The standard InChI is InChI=1S/C34H20F2N6O6S2/c35-24-12-19(21-4-2-1-3-17(21)5-8-26-22(14-37)31(45)41-33(49)39-26)13-25(36)30(24)48-20-7-10-28(47-16-29(43)44)18(11-20)6-9-27-23(15-38)32(46)42-34(50)40-27/h1-13H,16H2,(H,43,44)(H2,39,41,45,49)(H2,40,42,46,50)/b8-5+,9-6+. The molecular weight excluding hydrogens is 691 g/mol. The molecule has 5 N–H and O–H groups in total. The Hall–Kier alpha value is -6.75. The quantitative estimate of drug-likeness (QED) is 0.100. The second kappa shape index (κ2) is 15.0. The number of carboxylic acid groups (broad SMARTS) is 1. The van der Waals surface area contributed by atoms with E-state index in [-0.39, 0.29) is 54.7 Å². The summed E-state index contributed by atoms with van der Waals surface area (Å²) < 4.78 is 41.9. The summed E-state index contributed by atoms with van der Waals surface area (Å²) in [6.07, 6.45) is 5.69. The van der Waals surface area contributed by atoms with Crippen LogP contribution in [0.4, 0.5) is 8.78 Å². The fourth-order valence-electron chi connectivity index (χ4n) is 4.65. The van der Waals surface area contributed by atoms with Crippen LogP contribution in [0.2, 0.25) is 0 Å². The summed E-state index contributed by atoms with van der Waals surface area (Å²) >= 11 is 9.97. The number of carboxylic acids is 1. The molecular formula is C34H20F2N6O6S2. The van der Waals surface area contributed by atoms with E-state index in [0.717, 1.165) is 12.1 Å². The van der Waals surface area contributed by atoms with Gasteiger partial charge < -0.3 is 24.5 Å². The third-order valence-corrected chi connectivity index (χ3v) is 7.26. The molecule has 3 aromatic carbocycles. The molecule has 0 atom stereocenters. The van der Waals surface area contributed by atoms with E-state index >= 15 is 8.78 Å². The minimum Gasteiger partial charge on any atom is -0.481 e. The van der Waals surface area contributed by atoms with Gasteiger partial charge in [0, 0.05) is 5.56 Å². The molecule has 0 fully saturated rings. The van der Waals surface area contributed by atoms with Crippen LogP contribution < -0.4 is 20.6 Å². The number of H-pyrrole nitrogens is 4. The van der Waals surface area contributed by atoms with Crippen LogP contribution in [-0.2, 0) is 4.79 Å². The first-order valence-corrected chi connectivity index (χ1v) is 14.9. The molecule has 16 heteroatoms. The zero-order valence-electron chi connectivity index (χ0n) is 25.2. The molecule has 248 valence electrons. The number of nitriles is 2. The lowest BCUT2D eigenvalue weighted by Crippen LogP contribution is -2.13. The van der Waals surface area contributed by atoms with Crippen LogP contribution in [0, 0.1) is 43.8 Å². The van der Waals surface area contributed by atoms with Gasteiger partial charge in [0.2, 0.25) is 0 Å². The summed E-state index contributed by atoms with van der Waals surface area (Å²) in [5.41, 5.74) is -0.436. The SMILES string of the molecule is N#Cc1c(/C=C/c2cc(Oc3c(F)cc(-c4ccccc4/C=C/c4[nH]c(=S)[nH]c(=O)c4C#N)cc3F)ccc2OCC(=O)O)[nH]c(=S)[nH]c1=O. The van der Waals surface area contributed by atoms with Crippen molar-refractivity contribution >= 4 is 54.7 Å². The lowest BCUT2D eigenvalue weighted by Gasteiger charge is -2.13. The maximum Gasteiger partial charge on any atom is 0.341 e. The van der Waals surface area contributed by atoms with Gasteiger partial charge in [-0.15, -0.1) is 0 Å². The summed E-state index contributed by atoms with van der Waals surface area (Å²) in [5.74, 6) is -4.13. The highest BCUT2D eigenvalue weighted by atomic mass is 32.1. The Morgan fingerprint density at radius 1 is 0.800 bits per heavy atom. The van der Waals surface area contributed by atoms with Gasteiger partial charge in [-0.3, -0.25) is 19.6 Å². The molecule has 0 radical (unpaired) electrons. The van der Waals surface area contributed by atoms with E-state index in [1.54, 1.807) is 42.5 Å². The third kappa shape index (κ3) is 7.85. The molecule has 5 rings (SSSR count). The number of aromatic amines is 4. The molecule has 0 aliphatic carbocycles. The summed E-state index contributed by atoms with van der Waals surface area (Å²) in [5, 5.41) is 27.9. The number of nitrogens with one attached hydrogen (secondary N) is 4. The summed E-state index contributed by atoms with van der Waals surface area (Å²) in [4.78, 5) is 45.4. The van der Waals surface area contributed by atoms with Gasteiger partial charge >= 0.3 is 5.97 Å². The number of hydrogen-bond acceptors (Lipinski definition) is 9. The highest BCUT2D eigenvalue weighted by Crippen LogP contribution is 2.35. The molecule has 0 spiro atoms. The van der Waals surface area contributed by atoms with Crippen LogP contribution in [0.25, 0.3) is 35.4 Å². The van der Waals surface area contributed by atoms with Crippen LogP contribution in [-0.4, -0.2) is 37.6 Å². The summed E-state index contributed by atoms with van der Waals surface area (Å²) in [6.45, 7) is -0.713. The van der Waals surface area contributed by atoms with Crippen molar-refractivity contribution in [2.75, 3.05) is 6.61 Å². The first-order chi connectivity index (χ1) is 24.0. The molecule has 0 saturated carbocycles. The number of benzene rings is 3. The van der Waals surface area contributed by atoms with Gasteiger partial charge in [-0.1, -0.05) is 30.3 Å². The Morgan fingerprint density at radius 3 is 1.92 bits per heavy atom. The van der Waals surface area contributed by atoms with E-state index in [1.807, 2.05) is 0 Å². The normalized spacial score (nSPS) is 11.0. The van der Waals surface area contributed by atoms with E-state index in [0.29, 0.717) is 11.1 Å². The maximum atomic E-state index is 15.5. The largest absolute Gasteiger partial charge is 0.481 e. The first-order valence-electron chi connectivity index (χ1n) is 14.1. The van der Waals surface area contributed by atoms with E-state index in [1.165, 1.54) is 36.4 Å². The van der Waals surface area contributed by atoms with E-state index in [2.05, 4.69) is 19.9 Å². The molecule has 0 saturated heterocycles. The number of aromatic nitrogens is 4. The van der Waals surface area contributed by atoms with Crippen molar-refractivity contribution in [2.45, 2.75) is 0 Å². The molecule has 0 amide bonds. The zero-order valence-corrected chi connectivity index (χ0v) is 26.8. The number of rotatable bonds is 10. The van der Waals surface area contributed by atoms with Crippen molar-refractivity contribution in [3.8, 4) is 40.5 Å². The fourth-order valence-corrected chi connectivity index (χ4v) is 5.06. The van der Waals surface area contributed by atoms with Crippen molar-refractivity contribution in [1.29, 1.82) is 10.5 Å². The van der Waals surface area contributed by atoms with E-state index in [9.17, 15) is 24.9 Å². The highest BCUT2D eigenvalue weighted by molar-refractivity contribution is 7.71. The average Bonchev–Trinajstić information content (AvgIpc) is 3.07. The molecule has 50 heavy (non-hydrogen) atoms. The molecule has 0 bridgehead atoms. The minimum atomic E-state index is -1.27. The molecule has 0 aliphatic rings. The van der Waals surface area contributed by atoms with Gasteiger partial charge in [0.05, 0.1) is 11.4 Å². The third-order valence-electron chi connectivity index (χ3n) is 6.85. The highest BCUT2D eigenvalue weighted by Gasteiger charge is 2.17. The smallest absolute Gasteiger partial charge is 0.341 e. The fraction of sp³-hybridized carbons (Fsp3) is 0.0294. The van der Waals surface area contributed by atoms with Crippen molar-refractivity contribution < 1.29 is 28.2 Å². The zero-order chi connectivity index (χ0) is 35.9. The molecule has 2 aromatic heterocycles. The summed E-state index contributed by atoms with van der Waals surface area (Å²) in [6, 6.07) is 16.3. The van der Waals surface area contributed by atoms with Gasteiger partial charge in [0.15, 0.2) is 33.5 Å². The van der Waals surface area contributed by atoms with E-state index < -0.39 is 41.1 Å². The molecule has 2 heterocycles. The Morgan fingerprint density at radius 2 is 1.36 bits per heavy atom. The lowest BCUT2D eigenvalue weighted by atomic mass is 9.98. The molecule has 0 unspecified atom stereocenters. The second-order valence-electron chi connectivity index (χ2n) is 10.1. The monoisotopic (exact) mass is 710 g/mol. The Kier molecular flexibility index (Phi) is 10.4. The van der Waals surface area contributed by atoms with Gasteiger partial charge in [-0.25, -0.2) is 13.6 Å². The van der Waals surface area contributed by atoms with Gasteiger partial charge in [0.1, 0.15) is 34.8 Å². The Balaban J connectivity index is 1.49. The maximum absolute atomic E-state index is 15.5. The van der Waals surface area contributed by atoms with Crippen molar-refractivity contribution in [3.63, 3.8) is 0 Å². The number of halogens is 2. The van der Waals surface area contributed by atoms with E-state index in [4.69, 9.17) is 39.0 Å². The Bertz CT molecular complexity index is 2540. The topological polar surface area (TPSA) is 201 Å². The molecule has 0 aliphatic heterocycles. The summed E-state index contributed by atoms with van der Waals surface area (Å²) in [7, 11) is 0. The van der Waals surface area contributed by atoms with Crippen LogP contribution >= 0.6 is 24.4 Å². The number of hydrogen-bond donors (Lipinski definition) is 5. The van der Waals surface area contributed by atoms with Gasteiger partial charge in [-0.2, -0.15) is 10.5 Å². The van der Waals surface area contributed by atoms with Crippen LogP contribution in [0.5, 0.6) is 17.2 Å².